The highest BCUT2D eigenvalue weighted by Crippen LogP contribution is 2.38. The van der Waals surface area contributed by atoms with Gasteiger partial charge in [0.2, 0.25) is 0 Å². The van der Waals surface area contributed by atoms with Crippen LogP contribution >= 0.6 is 15.9 Å². The number of hydrogen-bond acceptors (Lipinski definition) is 4. The predicted octanol–water partition coefficient (Wildman–Crippen LogP) is 6.42. The first kappa shape index (κ1) is 21.6. The molecular formula is C25H19BrFN3O2. The molecule has 0 fully saturated rings. The number of hydrogen-bond donors (Lipinski definition) is 1. The number of methoxy groups -OCH3 is 1. The molecule has 0 spiro atoms. The van der Waals surface area contributed by atoms with E-state index in [-0.39, 0.29) is 5.82 Å². The molecule has 0 saturated heterocycles. The molecule has 3 aromatic carbocycles. The van der Waals surface area contributed by atoms with Crippen molar-refractivity contribution in [2.75, 3.05) is 7.11 Å². The number of ether oxygens (including phenoxy) is 2. The van der Waals surface area contributed by atoms with Crippen molar-refractivity contribution in [1.29, 1.82) is 5.26 Å². The van der Waals surface area contributed by atoms with E-state index in [0.717, 1.165) is 11.1 Å². The second kappa shape index (κ2) is 9.25. The number of allylic oxidation sites excluding steroid dienone is 1. The summed E-state index contributed by atoms with van der Waals surface area (Å²) in [6, 6.07) is 18.1. The van der Waals surface area contributed by atoms with Crippen LogP contribution in [0.1, 0.15) is 22.5 Å². The standard InChI is InChI=1S/C25H19BrFN3O2/c1-15-3-5-16(6-4-15)14-32-24-20(26)10-17(11-23(24)31-2)9-18(13-28)25-29-21-8-7-19(27)12-22(21)30-25/h3-12H,14H2,1-2H3,(H,29,30)/b18-9-. The summed E-state index contributed by atoms with van der Waals surface area (Å²) in [5.74, 6) is 1.10. The molecule has 7 heteroatoms. The van der Waals surface area contributed by atoms with Crippen molar-refractivity contribution in [2.24, 2.45) is 0 Å². The molecule has 0 saturated carbocycles. The number of nitrogens with zero attached hydrogens (tertiary/aromatic N) is 2. The van der Waals surface area contributed by atoms with Crippen LogP contribution in [-0.2, 0) is 6.61 Å². The Balaban J connectivity index is 1.63. The van der Waals surface area contributed by atoms with Gasteiger partial charge in [-0.15, -0.1) is 0 Å². The third-order valence-electron chi connectivity index (χ3n) is 4.89. The minimum atomic E-state index is -0.370. The number of halogens is 2. The zero-order chi connectivity index (χ0) is 22.7. The van der Waals surface area contributed by atoms with E-state index in [2.05, 4.69) is 32.0 Å². The highest BCUT2D eigenvalue weighted by atomic mass is 79.9. The largest absolute Gasteiger partial charge is 0.493 e. The molecule has 0 aliphatic rings. The van der Waals surface area contributed by atoms with Crippen molar-refractivity contribution in [3.63, 3.8) is 0 Å². The summed E-state index contributed by atoms with van der Waals surface area (Å²) in [7, 11) is 1.56. The zero-order valence-corrected chi connectivity index (χ0v) is 19.0. The molecule has 0 aliphatic carbocycles. The minimum absolute atomic E-state index is 0.309. The minimum Gasteiger partial charge on any atom is -0.493 e. The van der Waals surface area contributed by atoms with E-state index < -0.39 is 0 Å². The van der Waals surface area contributed by atoms with Gasteiger partial charge in [-0.25, -0.2) is 9.37 Å². The Morgan fingerprint density at radius 2 is 1.97 bits per heavy atom. The Morgan fingerprint density at radius 1 is 1.19 bits per heavy atom. The Hall–Kier alpha value is -3.63. The highest BCUT2D eigenvalue weighted by Gasteiger charge is 2.14. The van der Waals surface area contributed by atoms with E-state index in [0.29, 0.717) is 45.0 Å². The molecule has 1 aromatic heterocycles. The predicted molar refractivity (Wildman–Crippen MR) is 126 cm³/mol. The maximum atomic E-state index is 13.5. The molecular weight excluding hydrogens is 473 g/mol. The second-order valence-electron chi connectivity index (χ2n) is 7.23. The van der Waals surface area contributed by atoms with Crippen molar-refractivity contribution in [1.82, 2.24) is 9.97 Å². The molecule has 1 N–H and O–H groups in total. The van der Waals surface area contributed by atoms with Crippen molar-refractivity contribution in [3.05, 3.63) is 87.4 Å². The van der Waals surface area contributed by atoms with Gasteiger partial charge in [-0.2, -0.15) is 5.26 Å². The monoisotopic (exact) mass is 491 g/mol. The Bertz CT molecular complexity index is 1350. The van der Waals surface area contributed by atoms with E-state index >= 15 is 0 Å². The number of rotatable bonds is 6. The van der Waals surface area contributed by atoms with Gasteiger partial charge in [0.1, 0.15) is 24.3 Å². The van der Waals surface area contributed by atoms with E-state index in [9.17, 15) is 9.65 Å². The lowest BCUT2D eigenvalue weighted by Gasteiger charge is -2.14. The van der Waals surface area contributed by atoms with Crippen LogP contribution < -0.4 is 9.47 Å². The summed E-state index contributed by atoms with van der Waals surface area (Å²) in [4.78, 5) is 7.39. The summed E-state index contributed by atoms with van der Waals surface area (Å²) in [5, 5.41) is 9.68. The van der Waals surface area contributed by atoms with E-state index in [1.807, 2.05) is 37.3 Å². The van der Waals surface area contributed by atoms with Gasteiger partial charge >= 0.3 is 0 Å². The number of benzene rings is 3. The zero-order valence-electron chi connectivity index (χ0n) is 17.4. The number of aromatic amines is 1. The van der Waals surface area contributed by atoms with Crippen LogP contribution in [0.4, 0.5) is 4.39 Å². The lowest BCUT2D eigenvalue weighted by molar-refractivity contribution is 0.282. The van der Waals surface area contributed by atoms with Crippen LogP contribution in [0.15, 0.2) is 59.1 Å². The first-order valence-electron chi connectivity index (χ1n) is 9.80. The smallest absolute Gasteiger partial charge is 0.175 e. The van der Waals surface area contributed by atoms with Gasteiger partial charge in [0, 0.05) is 0 Å². The molecule has 0 bridgehead atoms. The lowest BCUT2D eigenvalue weighted by Crippen LogP contribution is -1.99. The van der Waals surface area contributed by atoms with Gasteiger partial charge in [0.25, 0.3) is 0 Å². The number of nitrogens with one attached hydrogen (secondary N) is 1. The average molecular weight is 492 g/mol. The second-order valence-corrected chi connectivity index (χ2v) is 8.08. The third-order valence-corrected chi connectivity index (χ3v) is 5.48. The molecule has 0 radical (unpaired) electrons. The fraction of sp³-hybridized carbons (Fsp3) is 0.120. The fourth-order valence-corrected chi connectivity index (χ4v) is 3.81. The number of aryl methyl sites for hydroxylation is 1. The van der Waals surface area contributed by atoms with Crippen LogP contribution in [0.2, 0.25) is 0 Å². The molecule has 160 valence electrons. The Morgan fingerprint density at radius 3 is 2.69 bits per heavy atom. The molecule has 1 heterocycles. The van der Waals surface area contributed by atoms with Gasteiger partial charge < -0.3 is 14.5 Å². The quantitative estimate of drug-likeness (QED) is 0.315. The summed E-state index contributed by atoms with van der Waals surface area (Å²) in [6.07, 6.45) is 1.69. The molecule has 0 unspecified atom stereocenters. The molecule has 32 heavy (non-hydrogen) atoms. The van der Waals surface area contributed by atoms with Crippen LogP contribution in [0.3, 0.4) is 0 Å². The molecule has 4 rings (SSSR count). The SMILES string of the molecule is COc1cc(/C=C(/C#N)c2nc3ccc(F)cc3[nH]2)cc(Br)c1OCc1ccc(C)cc1. The van der Waals surface area contributed by atoms with Crippen LogP contribution in [0.25, 0.3) is 22.7 Å². The molecule has 0 atom stereocenters. The number of imidazole rings is 1. The maximum Gasteiger partial charge on any atom is 0.175 e. The van der Waals surface area contributed by atoms with Gasteiger partial charge in [-0.05, 0) is 70.4 Å². The van der Waals surface area contributed by atoms with Gasteiger partial charge in [-0.1, -0.05) is 29.8 Å². The first-order valence-corrected chi connectivity index (χ1v) is 10.6. The summed E-state index contributed by atoms with van der Waals surface area (Å²) >= 11 is 3.55. The fourth-order valence-electron chi connectivity index (χ4n) is 3.23. The van der Waals surface area contributed by atoms with Crippen molar-refractivity contribution in [3.8, 4) is 17.6 Å². The van der Waals surface area contributed by atoms with Gasteiger partial charge in [0.15, 0.2) is 11.5 Å². The number of fused-ring (bicyclic) bond motifs is 1. The number of H-pyrrole nitrogens is 1. The van der Waals surface area contributed by atoms with Crippen LogP contribution in [0.5, 0.6) is 11.5 Å². The third kappa shape index (κ3) is 4.66. The number of aromatic nitrogens is 2. The van der Waals surface area contributed by atoms with Gasteiger partial charge in [0.05, 0.1) is 28.2 Å². The highest BCUT2D eigenvalue weighted by molar-refractivity contribution is 9.10. The Labute approximate surface area is 193 Å². The molecule has 5 nitrogen and oxygen atoms in total. The lowest BCUT2D eigenvalue weighted by atomic mass is 10.1. The first-order chi connectivity index (χ1) is 15.5. The molecule has 0 aliphatic heterocycles. The average Bonchev–Trinajstić information content (AvgIpc) is 3.20. The summed E-state index contributed by atoms with van der Waals surface area (Å²) in [6.45, 7) is 2.43. The number of nitriles is 1. The normalized spacial score (nSPS) is 11.4. The maximum absolute atomic E-state index is 13.5. The summed E-state index contributed by atoms with van der Waals surface area (Å²) < 4.78 is 25.7. The molecule has 0 amide bonds. The van der Waals surface area contributed by atoms with Crippen LogP contribution in [0, 0.1) is 24.1 Å². The van der Waals surface area contributed by atoms with E-state index in [4.69, 9.17) is 9.47 Å². The summed E-state index contributed by atoms with van der Waals surface area (Å²) in [5.41, 5.74) is 4.37. The van der Waals surface area contributed by atoms with Crippen LogP contribution in [-0.4, -0.2) is 17.1 Å². The Kier molecular flexibility index (Phi) is 6.24. The van der Waals surface area contributed by atoms with E-state index in [1.165, 1.54) is 17.7 Å². The van der Waals surface area contributed by atoms with Crippen molar-refractivity contribution < 1.29 is 13.9 Å². The molecule has 4 aromatic rings. The van der Waals surface area contributed by atoms with E-state index in [1.54, 1.807) is 25.3 Å². The van der Waals surface area contributed by atoms with Crippen molar-refractivity contribution >= 4 is 38.6 Å². The topological polar surface area (TPSA) is 70.9 Å². The van der Waals surface area contributed by atoms with Gasteiger partial charge in [-0.3, -0.25) is 0 Å². The van der Waals surface area contributed by atoms with Crippen molar-refractivity contribution in [2.45, 2.75) is 13.5 Å².